The van der Waals surface area contributed by atoms with Crippen molar-refractivity contribution in [2.24, 2.45) is 0 Å². The Hall–Kier alpha value is -2.27. The van der Waals surface area contributed by atoms with Crippen LogP contribution in [0.15, 0.2) is 48.5 Å². The molecule has 1 N–H and O–H groups in total. The van der Waals surface area contributed by atoms with Crippen molar-refractivity contribution in [3.05, 3.63) is 70.8 Å². The van der Waals surface area contributed by atoms with Crippen LogP contribution in [0.4, 0.5) is 0 Å². The number of aryl methyl sites for hydroxylation is 2. The second-order valence-electron chi connectivity index (χ2n) is 8.90. The van der Waals surface area contributed by atoms with E-state index in [1.165, 1.54) is 16.7 Å². The van der Waals surface area contributed by atoms with Crippen LogP contribution in [-0.4, -0.2) is 34.0 Å². The Morgan fingerprint density at radius 2 is 1.67 bits per heavy atom. The van der Waals surface area contributed by atoms with Crippen molar-refractivity contribution in [2.45, 2.75) is 65.4 Å². The lowest BCUT2D eigenvalue weighted by Crippen LogP contribution is -2.52. The number of rotatable bonds is 8. The Morgan fingerprint density at radius 3 is 2.27 bits per heavy atom. The second-order valence-corrected chi connectivity index (χ2v) is 9.89. The minimum Gasteiger partial charge on any atom is -0.350 e. The molecule has 0 saturated carbocycles. The molecule has 0 saturated heterocycles. The van der Waals surface area contributed by atoms with Gasteiger partial charge in [-0.15, -0.1) is 11.8 Å². The van der Waals surface area contributed by atoms with Gasteiger partial charge in [0.2, 0.25) is 11.8 Å². The summed E-state index contributed by atoms with van der Waals surface area (Å²) >= 11 is 1.58. The lowest BCUT2D eigenvalue weighted by molar-refractivity contribution is -0.139. The van der Waals surface area contributed by atoms with Gasteiger partial charge in [-0.3, -0.25) is 9.59 Å². The van der Waals surface area contributed by atoms with Crippen molar-refractivity contribution in [1.29, 1.82) is 0 Å². The minimum atomic E-state index is -0.544. The number of carbonyl (C=O) groups is 2. The largest absolute Gasteiger partial charge is 0.350 e. The third kappa shape index (κ3) is 7.86. The van der Waals surface area contributed by atoms with Gasteiger partial charge in [-0.25, -0.2) is 0 Å². The summed E-state index contributed by atoms with van der Waals surface area (Å²) in [6, 6.07) is 15.9. The first-order valence-electron chi connectivity index (χ1n) is 10.4. The van der Waals surface area contributed by atoms with Gasteiger partial charge in [0.25, 0.3) is 0 Å². The minimum absolute atomic E-state index is 0.0233. The monoisotopic (exact) mass is 426 g/mol. The summed E-state index contributed by atoms with van der Waals surface area (Å²) in [5.74, 6) is 0.956. The first-order valence-corrected chi connectivity index (χ1v) is 11.5. The quantitative estimate of drug-likeness (QED) is 0.655. The average Bonchev–Trinajstić information content (AvgIpc) is 2.65. The molecule has 162 valence electrons. The molecule has 1 atom stereocenters. The summed E-state index contributed by atoms with van der Waals surface area (Å²) in [5.41, 5.74) is 4.27. The molecule has 0 heterocycles. The fourth-order valence-corrected chi connectivity index (χ4v) is 3.95. The zero-order valence-corrected chi connectivity index (χ0v) is 19.8. The molecule has 0 spiro atoms. The highest BCUT2D eigenvalue weighted by molar-refractivity contribution is 7.99. The highest BCUT2D eigenvalue weighted by Gasteiger charge is 2.28. The second kappa shape index (κ2) is 10.7. The Labute approximate surface area is 185 Å². The van der Waals surface area contributed by atoms with Crippen LogP contribution >= 0.6 is 11.8 Å². The molecular weight excluding hydrogens is 392 g/mol. The maximum absolute atomic E-state index is 13.1. The number of nitrogens with zero attached hydrogens (tertiary/aromatic N) is 1. The number of hydrogen-bond acceptors (Lipinski definition) is 3. The van der Waals surface area contributed by atoms with E-state index >= 15 is 0 Å². The third-order valence-electron chi connectivity index (χ3n) is 4.72. The van der Waals surface area contributed by atoms with Gasteiger partial charge in [0.1, 0.15) is 6.04 Å². The van der Waals surface area contributed by atoms with E-state index in [0.29, 0.717) is 12.3 Å². The molecule has 0 unspecified atom stereocenters. The molecule has 0 aromatic heterocycles. The summed E-state index contributed by atoms with van der Waals surface area (Å²) in [7, 11) is 0. The highest BCUT2D eigenvalue weighted by atomic mass is 32.2. The zero-order valence-electron chi connectivity index (χ0n) is 19.0. The predicted octanol–water partition coefficient (Wildman–Crippen LogP) is 4.87. The molecule has 2 rings (SSSR count). The molecule has 0 aliphatic carbocycles. The van der Waals surface area contributed by atoms with Gasteiger partial charge >= 0.3 is 0 Å². The van der Waals surface area contributed by atoms with Crippen molar-refractivity contribution >= 4 is 23.6 Å². The molecule has 0 bridgehead atoms. The summed E-state index contributed by atoms with van der Waals surface area (Å²) < 4.78 is 0. The topological polar surface area (TPSA) is 49.4 Å². The van der Waals surface area contributed by atoms with Crippen LogP contribution in [0.5, 0.6) is 0 Å². The van der Waals surface area contributed by atoms with Gasteiger partial charge in [-0.1, -0.05) is 59.7 Å². The van der Waals surface area contributed by atoms with Crippen molar-refractivity contribution in [3.8, 4) is 0 Å². The molecule has 0 aliphatic rings. The SMILES string of the molecule is Cc1ccc(CN(C(=O)CSCc2cccc(C)c2)[C@@H](C)C(=O)NC(C)(C)C)cc1. The van der Waals surface area contributed by atoms with Crippen molar-refractivity contribution in [2.75, 3.05) is 5.75 Å². The van der Waals surface area contributed by atoms with Gasteiger partial charge in [0, 0.05) is 17.8 Å². The van der Waals surface area contributed by atoms with Gasteiger partial charge in [-0.2, -0.15) is 0 Å². The number of thioether (sulfide) groups is 1. The summed E-state index contributed by atoms with van der Waals surface area (Å²) in [4.78, 5) is 27.6. The molecule has 5 heteroatoms. The first kappa shape index (κ1) is 24.0. The van der Waals surface area contributed by atoms with Crippen molar-refractivity contribution in [3.63, 3.8) is 0 Å². The maximum atomic E-state index is 13.1. The Kier molecular flexibility index (Phi) is 8.54. The Morgan fingerprint density at radius 1 is 1.00 bits per heavy atom. The van der Waals surface area contributed by atoms with E-state index in [2.05, 4.69) is 30.4 Å². The van der Waals surface area contributed by atoms with Crippen LogP contribution in [0.1, 0.15) is 49.9 Å². The van der Waals surface area contributed by atoms with Crippen LogP contribution in [0.2, 0.25) is 0 Å². The fourth-order valence-electron chi connectivity index (χ4n) is 3.09. The molecule has 2 aromatic carbocycles. The molecule has 2 amide bonds. The van der Waals surface area contributed by atoms with Crippen molar-refractivity contribution in [1.82, 2.24) is 10.2 Å². The number of amides is 2. The van der Waals surface area contributed by atoms with E-state index in [1.807, 2.05) is 58.0 Å². The molecular formula is C25H34N2O2S. The smallest absolute Gasteiger partial charge is 0.242 e. The Bertz CT molecular complexity index is 856. The highest BCUT2D eigenvalue weighted by Crippen LogP contribution is 2.17. The predicted molar refractivity (Wildman–Crippen MR) is 126 cm³/mol. The fraction of sp³-hybridized carbons (Fsp3) is 0.440. The van der Waals surface area contributed by atoms with E-state index in [1.54, 1.807) is 23.6 Å². The Balaban J connectivity index is 2.09. The van der Waals surface area contributed by atoms with Gasteiger partial charge in [0.05, 0.1) is 5.75 Å². The van der Waals surface area contributed by atoms with E-state index in [4.69, 9.17) is 0 Å². The van der Waals surface area contributed by atoms with Gasteiger partial charge in [0.15, 0.2) is 0 Å². The molecule has 0 radical (unpaired) electrons. The summed E-state index contributed by atoms with van der Waals surface area (Å²) in [5, 5.41) is 3.00. The number of hydrogen-bond donors (Lipinski definition) is 1. The van der Waals surface area contributed by atoms with Crippen LogP contribution in [-0.2, 0) is 21.9 Å². The van der Waals surface area contributed by atoms with Crippen LogP contribution in [0.25, 0.3) is 0 Å². The molecule has 0 aliphatic heterocycles. The number of nitrogens with one attached hydrogen (secondary N) is 1. The molecule has 0 fully saturated rings. The lowest BCUT2D eigenvalue weighted by atomic mass is 10.1. The van der Waals surface area contributed by atoms with Crippen LogP contribution < -0.4 is 5.32 Å². The molecule has 30 heavy (non-hydrogen) atoms. The summed E-state index contributed by atoms with van der Waals surface area (Å²) in [6.07, 6.45) is 0. The standard InChI is InChI=1S/C25H34N2O2S/c1-18-10-12-21(13-11-18)15-27(20(3)24(29)26-25(4,5)6)23(28)17-30-16-22-9-7-8-19(2)14-22/h7-14,20H,15-17H2,1-6H3,(H,26,29)/t20-/m0/s1. The van der Waals surface area contributed by atoms with E-state index in [9.17, 15) is 9.59 Å². The number of benzene rings is 2. The first-order chi connectivity index (χ1) is 14.0. The third-order valence-corrected chi connectivity index (χ3v) is 5.70. The van der Waals surface area contributed by atoms with Crippen molar-refractivity contribution < 1.29 is 9.59 Å². The van der Waals surface area contributed by atoms with E-state index in [0.717, 1.165) is 11.3 Å². The molecule has 4 nitrogen and oxygen atoms in total. The average molecular weight is 427 g/mol. The van der Waals surface area contributed by atoms with Crippen LogP contribution in [0.3, 0.4) is 0 Å². The summed E-state index contributed by atoms with van der Waals surface area (Å²) in [6.45, 7) is 12.2. The zero-order chi connectivity index (χ0) is 22.3. The van der Waals surface area contributed by atoms with Crippen LogP contribution in [0, 0.1) is 13.8 Å². The maximum Gasteiger partial charge on any atom is 0.242 e. The normalized spacial score (nSPS) is 12.3. The van der Waals surface area contributed by atoms with Gasteiger partial charge < -0.3 is 10.2 Å². The lowest BCUT2D eigenvalue weighted by Gasteiger charge is -2.31. The van der Waals surface area contributed by atoms with E-state index < -0.39 is 6.04 Å². The number of carbonyl (C=O) groups excluding carboxylic acids is 2. The van der Waals surface area contributed by atoms with E-state index in [-0.39, 0.29) is 17.4 Å². The van der Waals surface area contributed by atoms with Gasteiger partial charge in [-0.05, 0) is 52.7 Å². The molecule has 2 aromatic rings.